The van der Waals surface area contributed by atoms with Crippen molar-refractivity contribution in [1.82, 2.24) is 14.4 Å². The van der Waals surface area contributed by atoms with E-state index in [0.717, 1.165) is 17.0 Å². The number of hydrogen-bond donors (Lipinski definition) is 0. The maximum atomic E-state index is 12.9. The quantitative estimate of drug-likeness (QED) is 0.619. The summed E-state index contributed by atoms with van der Waals surface area (Å²) >= 11 is 0. The molecular weight excluding hydrogens is 390 g/mol. The third kappa shape index (κ3) is 4.34. The molecule has 0 aliphatic carbocycles. The predicted molar refractivity (Wildman–Crippen MR) is 109 cm³/mol. The van der Waals surface area contributed by atoms with Gasteiger partial charge in [0.1, 0.15) is 11.4 Å². The molecule has 3 aromatic rings. The van der Waals surface area contributed by atoms with Gasteiger partial charge < -0.3 is 9.26 Å². The summed E-state index contributed by atoms with van der Waals surface area (Å²) in [5.41, 5.74) is 1.82. The van der Waals surface area contributed by atoms with Crippen LogP contribution in [0.1, 0.15) is 5.76 Å². The molecule has 1 aliphatic rings. The van der Waals surface area contributed by atoms with Crippen LogP contribution < -0.4 is 4.74 Å². The summed E-state index contributed by atoms with van der Waals surface area (Å²) in [5, 5.41) is 4.14. The Kier molecular flexibility index (Phi) is 5.66. The molecule has 0 bridgehead atoms. The van der Waals surface area contributed by atoms with Gasteiger partial charge in [-0.2, -0.15) is 4.31 Å². The van der Waals surface area contributed by atoms with Gasteiger partial charge in [0.05, 0.1) is 18.6 Å². The van der Waals surface area contributed by atoms with Crippen LogP contribution in [0.5, 0.6) is 5.75 Å². The summed E-state index contributed by atoms with van der Waals surface area (Å²) in [6, 6.07) is 18.3. The Bertz CT molecular complexity index is 1040. The normalized spacial score (nSPS) is 16.0. The van der Waals surface area contributed by atoms with E-state index >= 15 is 0 Å². The summed E-state index contributed by atoms with van der Waals surface area (Å²) in [6.07, 6.45) is 0. The van der Waals surface area contributed by atoms with E-state index in [1.54, 1.807) is 31.4 Å². The average molecular weight is 413 g/mol. The number of hydrogen-bond acceptors (Lipinski definition) is 6. The van der Waals surface area contributed by atoms with Crippen molar-refractivity contribution in [3.05, 3.63) is 66.4 Å². The van der Waals surface area contributed by atoms with Crippen LogP contribution in [0.15, 0.2) is 70.1 Å². The van der Waals surface area contributed by atoms with Crippen LogP contribution >= 0.6 is 0 Å². The van der Waals surface area contributed by atoms with Crippen molar-refractivity contribution < 1.29 is 17.7 Å². The molecule has 29 heavy (non-hydrogen) atoms. The maximum Gasteiger partial charge on any atom is 0.243 e. The van der Waals surface area contributed by atoms with Gasteiger partial charge in [0.25, 0.3) is 0 Å². The van der Waals surface area contributed by atoms with Gasteiger partial charge in [-0.3, -0.25) is 4.90 Å². The fraction of sp³-hybridized carbons (Fsp3) is 0.286. The lowest BCUT2D eigenvalue weighted by Gasteiger charge is -2.33. The average Bonchev–Trinajstić information content (AvgIpc) is 3.23. The summed E-state index contributed by atoms with van der Waals surface area (Å²) < 4.78 is 37.8. The van der Waals surface area contributed by atoms with Crippen molar-refractivity contribution in [3.8, 4) is 17.0 Å². The minimum atomic E-state index is -3.50. The fourth-order valence-electron chi connectivity index (χ4n) is 3.38. The van der Waals surface area contributed by atoms with Gasteiger partial charge in [-0.25, -0.2) is 8.42 Å². The fourth-order valence-corrected chi connectivity index (χ4v) is 4.80. The highest BCUT2D eigenvalue weighted by Crippen LogP contribution is 2.22. The molecule has 0 N–H and O–H groups in total. The molecule has 0 atom stereocenters. The second-order valence-electron chi connectivity index (χ2n) is 6.90. The van der Waals surface area contributed by atoms with E-state index in [4.69, 9.17) is 9.26 Å². The van der Waals surface area contributed by atoms with Gasteiger partial charge in [0, 0.05) is 37.8 Å². The smallest absolute Gasteiger partial charge is 0.243 e. The highest BCUT2D eigenvalue weighted by Gasteiger charge is 2.28. The van der Waals surface area contributed by atoms with Crippen LogP contribution in [-0.4, -0.2) is 56.1 Å². The Morgan fingerprint density at radius 3 is 2.34 bits per heavy atom. The Labute approximate surface area is 170 Å². The summed E-state index contributed by atoms with van der Waals surface area (Å²) in [6.45, 7) is 2.76. The van der Waals surface area contributed by atoms with E-state index in [0.29, 0.717) is 38.5 Å². The summed E-state index contributed by atoms with van der Waals surface area (Å²) in [5.74, 6) is 1.41. The second kappa shape index (κ2) is 8.36. The van der Waals surface area contributed by atoms with Gasteiger partial charge in [-0.15, -0.1) is 0 Å². The van der Waals surface area contributed by atoms with Crippen molar-refractivity contribution in [2.45, 2.75) is 11.4 Å². The van der Waals surface area contributed by atoms with Crippen LogP contribution in [0.2, 0.25) is 0 Å². The van der Waals surface area contributed by atoms with Crippen LogP contribution in [0.25, 0.3) is 11.3 Å². The Morgan fingerprint density at radius 2 is 1.69 bits per heavy atom. The lowest BCUT2D eigenvalue weighted by Crippen LogP contribution is -2.48. The number of rotatable bonds is 6. The zero-order chi connectivity index (χ0) is 20.3. The lowest BCUT2D eigenvalue weighted by molar-refractivity contribution is 0.166. The summed E-state index contributed by atoms with van der Waals surface area (Å²) in [4.78, 5) is 2.46. The molecule has 8 heteroatoms. The Balaban J connectivity index is 1.36. The first-order chi connectivity index (χ1) is 14.1. The molecule has 0 unspecified atom stereocenters. The zero-order valence-electron chi connectivity index (χ0n) is 16.2. The van der Waals surface area contributed by atoms with Crippen LogP contribution in [0.4, 0.5) is 0 Å². The van der Waals surface area contributed by atoms with E-state index in [1.807, 2.05) is 36.4 Å². The standard InChI is InChI=1S/C21H23N3O4S/c1-27-18-7-9-20(10-8-18)29(25,26)24-13-11-23(12-14-24)16-19-15-21(22-28-19)17-5-3-2-4-6-17/h2-10,15H,11-14,16H2,1H3. The van der Waals surface area contributed by atoms with E-state index < -0.39 is 10.0 Å². The third-order valence-electron chi connectivity index (χ3n) is 5.04. The molecule has 0 radical (unpaired) electrons. The van der Waals surface area contributed by atoms with E-state index in [2.05, 4.69) is 10.1 Å². The number of sulfonamides is 1. The molecule has 2 aromatic carbocycles. The van der Waals surface area contributed by atoms with Crippen LogP contribution in [-0.2, 0) is 16.6 Å². The first-order valence-electron chi connectivity index (χ1n) is 9.44. The molecule has 0 amide bonds. The molecule has 152 valence electrons. The minimum absolute atomic E-state index is 0.287. The number of ether oxygens (including phenoxy) is 1. The SMILES string of the molecule is COc1ccc(S(=O)(=O)N2CCN(Cc3cc(-c4ccccc4)no3)CC2)cc1. The minimum Gasteiger partial charge on any atom is -0.497 e. The van der Waals surface area contributed by atoms with Crippen LogP contribution in [0.3, 0.4) is 0 Å². The predicted octanol–water partition coefficient (Wildman–Crippen LogP) is 2.86. The van der Waals surface area contributed by atoms with Gasteiger partial charge in [0.15, 0.2) is 5.76 Å². The number of nitrogens with zero attached hydrogens (tertiary/aromatic N) is 3. The molecule has 1 fully saturated rings. The Hall–Kier alpha value is -2.68. The lowest BCUT2D eigenvalue weighted by atomic mass is 10.1. The van der Waals surface area contributed by atoms with Gasteiger partial charge in [-0.1, -0.05) is 35.5 Å². The molecular formula is C21H23N3O4S. The molecule has 0 saturated carbocycles. The summed E-state index contributed by atoms with van der Waals surface area (Å²) in [7, 11) is -1.94. The Morgan fingerprint density at radius 1 is 1.00 bits per heavy atom. The zero-order valence-corrected chi connectivity index (χ0v) is 17.0. The van der Waals surface area contributed by atoms with Gasteiger partial charge in [0.2, 0.25) is 10.0 Å². The molecule has 1 saturated heterocycles. The molecule has 4 rings (SSSR count). The van der Waals surface area contributed by atoms with Gasteiger partial charge >= 0.3 is 0 Å². The van der Waals surface area contributed by atoms with Gasteiger partial charge in [-0.05, 0) is 24.3 Å². The molecule has 1 aliphatic heterocycles. The molecule has 2 heterocycles. The maximum absolute atomic E-state index is 12.9. The van der Waals surface area contributed by atoms with Crippen molar-refractivity contribution in [3.63, 3.8) is 0 Å². The van der Waals surface area contributed by atoms with Crippen molar-refractivity contribution in [1.29, 1.82) is 0 Å². The molecule has 0 spiro atoms. The topological polar surface area (TPSA) is 75.9 Å². The molecule has 7 nitrogen and oxygen atoms in total. The second-order valence-corrected chi connectivity index (χ2v) is 8.84. The number of benzene rings is 2. The number of aromatic nitrogens is 1. The highest BCUT2D eigenvalue weighted by molar-refractivity contribution is 7.89. The van der Waals surface area contributed by atoms with Crippen molar-refractivity contribution >= 4 is 10.0 Å². The van der Waals surface area contributed by atoms with Crippen LogP contribution in [0, 0.1) is 0 Å². The highest BCUT2D eigenvalue weighted by atomic mass is 32.2. The third-order valence-corrected chi connectivity index (χ3v) is 6.95. The first kappa shape index (κ1) is 19.6. The van der Waals surface area contributed by atoms with E-state index in [-0.39, 0.29) is 4.90 Å². The number of piperazine rings is 1. The van der Waals surface area contributed by atoms with Crippen molar-refractivity contribution in [2.24, 2.45) is 0 Å². The largest absolute Gasteiger partial charge is 0.497 e. The van der Waals surface area contributed by atoms with E-state index in [1.165, 1.54) is 4.31 Å². The number of methoxy groups -OCH3 is 1. The molecule has 1 aromatic heterocycles. The van der Waals surface area contributed by atoms with Crippen molar-refractivity contribution in [2.75, 3.05) is 33.3 Å². The monoisotopic (exact) mass is 413 g/mol. The first-order valence-corrected chi connectivity index (χ1v) is 10.9. The van der Waals surface area contributed by atoms with E-state index in [9.17, 15) is 8.42 Å².